The Bertz CT molecular complexity index is 1250. The number of aromatic nitrogens is 2. The van der Waals surface area contributed by atoms with E-state index in [1.807, 2.05) is 77.6 Å². The number of hydrogen-bond acceptors (Lipinski definition) is 6. The van der Waals surface area contributed by atoms with Gasteiger partial charge in [0.1, 0.15) is 24.2 Å². The smallest absolute Gasteiger partial charge is 0.339 e. The summed E-state index contributed by atoms with van der Waals surface area (Å²) in [5, 5.41) is 0. The van der Waals surface area contributed by atoms with Crippen molar-refractivity contribution in [1.82, 2.24) is 9.55 Å². The van der Waals surface area contributed by atoms with Gasteiger partial charge in [0.25, 0.3) is 0 Å². The van der Waals surface area contributed by atoms with Crippen LogP contribution in [-0.2, 0) is 11.3 Å². The molecule has 2 aromatic carbocycles. The topological polar surface area (TPSA) is 65.8 Å². The molecule has 0 N–H and O–H groups in total. The summed E-state index contributed by atoms with van der Waals surface area (Å²) in [5.41, 5.74) is 3.43. The molecule has 0 amide bonds. The van der Waals surface area contributed by atoms with E-state index in [1.54, 1.807) is 18.5 Å². The van der Waals surface area contributed by atoms with Gasteiger partial charge in [0.2, 0.25) is 0 Å². The molecular formula is C27H25N3O4. The fourth-order valence-electron chi connectivity index (χ4n) is 3.88. The predicted octanol–water partition coefficient (Wildman–Crippen LogP) is 4.51. The van der Waals surface area contributed by atoms with Gasteiger partial charge in [-0.2, -0.15) is 0 Å². The van der Waals surface area contributed by atoms with Crippen LogP contribution in [0.2, 0.25) is 0 Å². The number of rotatable bonds is 8. The first kappa shape index (κ1) is 21.6. The van der Waals surface area contributed by atoms with E-state index in [1.165, 1.54) is 7.11 Å². The van der Waals surface area contributed by atoms with E-state index in [9.17, 15) is 4.79 Å². The number of anilines is 1. The molecule has 5 rings (SSSR count). The van der Waals surface area contributed by atoms with Crippen molar-refractivity contribution in [2.45, 2.75) is 12.7 Å². The Morgan fingerprint density at radius 3 is 2.56 bits per heavy atom. The van der Waals surface area contributed by atoms with Gasteiger partial charge in [0.15, 0.2) is 0 Å². The molecule has 1 saturated heterocycles. The normalized spacial score (nSPS) is 13.3. The highest BCUT2D eigenvalue weighted by atomic mass is 16.5. The van der Waals surface area contributed by atoms with Gasteiger partial charge >= 0.3 is 5.97 Å². The molecule has 7 heteroatoms. The Labute approximate surface area is 198 Å². The lowest BCUT2D eigenvalue weighted by Crippen LogP contribution is -2.53. The molecular weight excluding hydrogens is 430 g/mol. The van der Waals surface area contributed by atoms with Crippen LogP contribution in [-0.4, -0.2) is 41.8 Å². The number of benzene rings is 2. The van der Waals surface area contributed by atoms with Crippen LogP contribution in [0.5, 0.6) is 11.5 Å². The van der Waals surface area contributed by atoms with Crippen molar-refractivity contribution in [3.63, 3.8) is 0 Å². The Hall–Kier alpha value is -4.26. The van der Waals surface area contributed by atoms with Gasteiger partial charge in [-0.05, 0) is 48.5 Å². The molecule has 0 unspecified atom stereocenters. The second-order valence-corrected chi connectivity index (χ2v) is 8.05. The quantitative estimate of drug-likeness (QED) is 0.365. The standard InChI is InChI=1S/C27H25N3O4/c1-32-27(31)25-6-2-3-7-26(25)29-14-12-21(16-29)30-17-24(18-30)34-23-10-8-22(9-11-23)33-19-20-5-4-13-28-15-20/h2-16,24H,17-19H2,1H3. The summed E-state index contributed by atoms with van der Waals surface area (Å²) in [6.45, 7) is 2.07. The molecule has 1 fully saturated rings. The summed E-state index contributed by atoms with van der Waals surface area (Å²) in [5.74, 6) is 1.26. The summed E-state index contributed by atoms with van der Waals surface area (Å²) in [6.07, 6.45) is 7.64. The van der Waals surface area contributed by atoms with Crippen LogP contribution in [0.15, 0.2) is 91.5 Å². The lowest BCUT2D eigenvalue weighted by molar-refractivity contribution is 0.0600. The van der Waals surface area contributed by atoms with Crippen molar-refractivity contribution in [2.75, 3.05) is 25.1 Å². The first-order valence-corrected chi connectivity index (χ1v) is 11.1. The molecule has 0 radical (unpaired) electrons. The van der Waals surface area contributed by atoms with Crippen LogP contribution in [0.4, 0.5) is 5.69 Å². The fourth-order valence-corrected chi connectivity index (χ4v) is 3.88. The average molecular weight is 456 g/mol. The summed E-state index contributed by atoms with van der Waals surface area (Å²) in [6, 6.07) is 21.0. The number of esters is 1. The number of ether oxygens (including phenoxy) is 3. The van der Waals surface area contributed by atoms with Gasteiger partial charge in [0, 0.05) is 30.4 Å². The van der Waals surface area contributed by atoms with Gasteiger partial charge in [-0.15, -0.1) is 0 Å². The maximum atomic E-state index is 12.1. The van der Waals surface area contributed by atoms with E-state index in [2.05, 4.69) is 9.88 Å². The van der Waals surface area contributed by atoms with Gasteiger partial charge in [-0.3, -0.25) is 4.98 Å². The van der Waals surface area contributed by atoms with Crippen LogP contribution < -0.4 is 14.4 Å². The van der Waals surface area contributed by atoms with Crippen LogP contribution in [0.1, 0.15) is 15.9 Å². The molecule has 0 aliphatic carbocycles. The molecule has 0 bridgehead atoms. The van der Waals surface area contributed by atoms with Crippen molar-refractivity contribution >= 4 is 11.7 Å². The van der Waals surface area contributed by atoms with Gasteiger partial charge in [-0.1, -0.05) is 18.2 Å². The Balaban J connectivity index is 1.14. The first-order chi connectivity index (χ1) is 16.7. The zero-order valence-electron chi connectivity index (χ0n) is 18.8. The number of carbonyl (C=O) groups excluding carboxylic acids is 1. The molecule has 1 aliphatic heterocycles. The Kier molecular flexibility index (Phi) is 6.16. The first-order valence-electron chi connectivity index (χ1n) is 11.1. The molecule has 2 aromatic heterocycles. The van der Waals surface area contributed by atoms with Crippen LogP contribution in [0.3, 0.4) is 0 Å². The van der Waals surface area contributed by atoms with E-state index in [0.29, 0.717) is 12.2 Å². The van der Waals surface area contributed by atoms with E-state index >= 15 is 0 Å². The summed E-state index contributed by atoms with van der Waals surface area (Å²) in [7, 11) is 1.39. The van der Waals surface area contributed by atoms with Gasteiger partial charge < -0.3 is 23.7 Å². The number of hydrogen-bond donors (Lipinski definition) is 0. The molecule has 7 nitrogen and oxygen atoms in total. The number of methoxy groups -OCH3 is 1. The monoisotopic (exact) mass is 455 g/mol. The van der Waals surface area contributed by atoms with Gasteiger partial charge in [0.05, 0.1) is 37.1 Å². The Morgan fingerprint density at radius 1 is 1.00 bits per heavy atom. The van der Waals surface area contributed by atoms with Crippen LogP contribution in [0.25, 0.3) is 5.69 Å². The highest BCUT2D eigenvalue weighted by molar-refractivity contribution is 5.93. The van der Waals surface area contributed by atoms with Crippen LogP contribution >= 0.6 is 0 Å². The largest absolute Gasteiger partial charge is 0.489 e. The molecule has 34 heavy (non-hydrogen) atoms. The maximum Gasteiger partial charge on any atom is 0.339 e. The number of nitrogens with zero attached hydrogens (tertiary/aromatic N) is 3. The lowest BCUT2D eigenvalue weighted by atomic mass is 10.1. The predicted molar refractivity (Wildman–Crippen MR) is 129 cm³/mol. The SMILES string of the molecule is COC(=O)c1ccccc1-n1ccc(N2CC(Oc3ccc(OCc4cccnc4)cc3)C2)c1. The molecule has 0 saturated carbocycles. The highest BCUT2D eigenvalue weighted by Gasteiger charge is 2.29. The molecule has 1 aliphatic rings. The molecule has 4 aromatic rings. The zero-order valence-corrected chi connectivity index (χ0v) is 18.8. The van der Waals surface area contributed by atoms with E-state index in [0.717, 1.165) is 41.5 Å². The Morgan fingerprint density at radius 2 is 1.79 bits per heavy atom. The highest BCUT2D eigenvalue weighted by Crippen LogP contribution is 2.27. The third-order valence-corrected chi connectivity index (χ3v) is 5.73. The summed E-state index contributed by atoms with van der Waals surface area (Å²) >= 11 is 0. The summed E-state index contributed by atoms with van der Waals surface area (Å²) in [4.78, 5) is 18.4. The van der Waals surface area contributed by atoms with Crippen molar-refractivity contribution < 1.29 is 19.0 Å². The van der Waals surface area contributed by atoms with Crippen molar-refractivity contribution in [3.05, 3.63) is 103 Å². The summed E-state index contributed by atoms with van der Waals surface area (Å²) < 4.78 is 18.8. The van der Waals surface area contributed by atoms with E-state index in [-0.39, 0.29) is 12.1 Å². The van der Waals surface area contributed by atoms with E-state index in [4.69, 9.17) is 14.2 Å². The number of para-hydroxylation sites is 1. The third-order valence-electron chi connectivity index (χ3n) is 5.73. The minimum atomic E-state index is -0.350. The average Bonchev–Trinajstić information content (AvgIpc) is 3.35. The minimum absolute atomic E-state index is 0.118. The second-order valence-electron chi connectivity index (χ2n) is 8.05. The third kappa shape index (κ3) is 4.73. The maximum absolute atomic E-state index is 12.1. The minimum Gasteiger partial charge on any atom is -0.489 e. The number of carbonyl (C=O) groups is 1. The molecule has 0 atom stereocenters. The lowest BCUT2D eigenvalue weighted by Gasteiger charge is -2.40. The van der Waals surface area contributed by atoms with E-state index < -0.39 is 0 Å². The molecule has 0 spiro atoms. The van der Waals surface area contributed by atoms with Crippen molar-refractivity contribution in [2.24, 2.45) is 0 Å². The van der Waals surface area contributed by atoms with Gasteiger partial charge in [-0.25, -0.2) is 4.79 Å². The molecule has 3 heterocycles. The van der Waals surface area contributed by atoms with Crippen molar-refractivity contribution in [1.29, 1.82) is 0 Å². The van der Waals surface area contributed by atoms with Crippen LogP contribution in [0, 0.1) is 0 Å². The van der Waals surface area contributed by atoms with Crippen molar-refractivity contribution in [3.8, 4) is 17.2 Å². The number of pyridine rings is 1. The molecule has 172 valence electrons. The second kappa shape index (κ2) is 9.70. The fraction of sp³-hybridized carbons (Fsp3) is 0.185. The zero-order chi connectivity index (χ0) is 23.3.